The molecular formula is C14H7ClF3NO. The van der Waals surface area contributed by atoms with Crippen molar-refractivity contribution in [1.82, 2.24) is 0 Å². The van der Waals surface area contributed by atoms with Gasteiger partial charge in [-0.1, -0.05) is 17.7 Å². The van der Waals surface area contributed by atoms with Gasteiger partial charge in [-0.2, -0.15) is 18.4 Å². The molecule has 0 heterocycles. The second kappa shape index (κ2) is 5.06. The Labute approximate surface area is 117 Å². The lowest BCUT2D eigenvalue weighted by molar-refractivity contribution is -0.137. The van der Waals surface area contributed by atoms with Gasteiger partial charge in [0.2, 0.25) is 0 Å². The molecule has 0 radical (unpaired) electrons. The summed E-state index contributed by atoms with van der Waals surface area (Å²) in [5, 5.41) is 18.5. The molecular weight excluding hydrogens is 291 g/mol. The number of aromatic hydroxyl groups is 1. The monoisotopic (exact) mass is 297 g/mol. The largest absolute Gasteiger partial charge is 0.508 e. The van der Waals surface area contributed by atoms with Gasteiger partial charge in [-0.15, -0.1) is 0 Å². The van der Waals surface area contributed by atoms with Crippen molar-refractivity contribution in [1.29, 1.82) is 5.26 Å². The van der Waals surface area contributed by atoms with E-state index >= 15 is 0 Å². The Kier molecular flexibility index (Phi) is 3.60. The number of hydrogen-bond donors (Lipinski definition) is 1. The summed E-state index contributed by atoms with van der Waals surface area (Å²) in [7, 11) is 0. The zero-order valence-corrected chi connectivity index (χ0v) is 10.6. The minimum Gasteiger partial charge on any atom is -0.508 e. The SMILES string of the molecule is N#Cc1cc(-c2cc(O)cc(C(F)(F)F)c2)ccc1Cl. The van der Waals surface area contributed by atoms with Crippen molar-refractivity contribution in [2.24, 2.45) is 0 Å². The van der Waals surface area contributed by atoms with E-state index in [4.69, 9.17) is 16.9 Å². The quantitative estimate of drug-likeness (QED) is 0.836. The molecule has 0 atom stereocenters. The molecule has 2 aromatic rings. The molecule has 0 saturated carbocycles. The number of benzene rings is 2. The second-order valence-electron chi connectivity index (χ2n) is 4.07. The van der Waals surface area contributed by atoms with E-state index < -0.39 is 17.5 Å². The number of phenols is 1. The smallest absolute Gasteiger partial charge is 0.416 e. The van der Waals surface area contributed by atoms with Crippen LogP contribution in [-0.2, 0) is 6.18 Å². The number of alkyl halides is 3. The maximum Gasteiger partial charge on any atom is 0.416 e. The lowest BCUT2D eigenvalue weighted by Crippen LogP contribution is -2.04. The Bertz CT molecular complexity index is 705. The molecule has 0 amide bonds. The summed E-state index contributed by atoms with van der Waals surface area (Å²) in [6.45, 7) is 0. The van der Waals surface area contributed by atoms with Crippen LogP contribution >= 0.6 is 11.6 Å². The summed E-state index contributed by atoms with van der Waals surface area (Å²) < 4.78 is 38.1. The van der Waals surface area contributed by atoms with Crippen LogP contribution < -0.4 is 0 Å². The molecule has 0 aliphatic rings. The Balaban J connectivity index is 2.59. The van der Waals surface area contributed by atoms with E-state index in [2.05, 4.69) is 0 Å². The van der Waals surface area contributed by atoms with Crippen LogP contribution in [-0.4, -0.2) is 5.11 Å². The molecule has 6 heteroatoms. The van der Waals surface area contributed by atoms with E-state index in [9.17, 15) is 18.3 Å². The van der Waals surface area contributed by atoms with Gasteiger partial charge < -0.3 is 5.11 Å². The van der Waals surface area contributed by atoms with Crippen LogP contribution in [0.4, 0.5) is 13.2 Å². The molecule has 2 aromatic carbocycles. The van der Waals surface area contributed by atoms with Crippen LogP contribution in [0, 0.1) is 11.3 Å². The highest BCUT2D eigenvalue weighted by atomic mass is 35.5. The lowest BCUT2D eigenvalue weighted by atomic mass is 10.0. The van der Waals surface area contributed by atoms with Crippen molar-refractivity contribution in [2.75, 3.05) is 0 Å². The number of nitrogens with zero attached hydrogens (tertiary/aromatic N) is 1. The van der Waals surface area contributed by atoms with E-state index in [1.807, 2.05) is 6.07 Å². The highest BCUT2D eigenvalue weighted by molar-refractivity contribution is 6.31. The molecule has 0 fully saturated rings. The van der Waals surface area contributed by atoms with E-state index in [0.29, 0.717) is 11.6 Å². The Morgan fingerprint density at radius 1 is 1.05 bits per heavy atom. The minimum absolute atomic E-state index is 0.154. The average Bonchev–Trinajstić information content (AvgIpc) is 2.37. The van der Waals surface area contributed by atoms with E-state index in [0.717, 1.165) is 6.07 Å². The van der Waals surface area contributed by atoms with Crippen molar-refractivity contribution in [3.8, 4) is 22.9 Å². The van der Waals surface area contributed by atoms with Crippen molar-refractivity contribution < 1.29 is 18.3 Å². The minimum atomic E-state index is -4.56. The first-order valence-electron chi connectivity index (χ1n) is 5.42. The molecule has 1 N–H and O–H groups in total. The molecule has 2 nitrogen and oxygen atoms in total. The number of hydrogen-bond acceptors (Lipinski definition) is 2. The van der Waals surface area contributed by atoms with Crippen LogP contribution in [0.25, 0.3) is 11.1 Å². The molecule has 102 valence electrons. The summed E-state index contributed by atoms with van der Waals surface area (Å²) in [4.78, 5) is 0. The third-order valence-electron chi connectivity index (χ3n) is 2.67. The van der Waals surface area contributed by atoms with Gasteiger partial charge in [0.15, 0.2) is 0 Å². The van der Waals surface area contributed by atoms with Gasteiger partial charge in [-0.05, 0) is 41.5 Å². The second-order valence-corrected chi connectivity index (χ2v) is 4.48. The van der Waals surface area contributed by atoms with E-state index in [-0.39, 0.29) is 16.1 Å². The van der Waals surface area contributed by atoms with E-state index in [1.54, 1.807) is 0 Å². The van der Waals surface area contributed by atoms with Crippen LogP contribution in [0.5, 0.6) is 5.75 Å². The Hall–Kier alpha value is -2.19. The summed E-state index contributed by atoms with van der Waals surface area (Å²) in [5.41, 5.74) is -0.278. The topological polar surface area (TPSA) is 44.0 Å². The van der Waals surface area contributed by atoms with Gasteiger partial charge in [0, 0.05) is 0 Å². The highest BCUT2D eigenvalue weighted by Gasteiger charge is 2.31. The molecule has 0 spiro atoms. The fraction of sp³-hybridized carbons (Fsp3) is 0.0714. The molecule has 2 rings (SSSR count). The molecule has 0 bridgehead atoms. The summed E-state index contributed by atoms with van der Waals surface area (Å²) in [6.07, 6.45) is -4.56. The first-order chi connectivity index (χ1) is 9.31. The number of rotatable bonds is 1. The van der Waals surface area contributed by atoms with Gasteiger partial charge in [0.1, 0.15) is 11.8 Å². The fourth-order valence-electron chi connectivity index (χ4n) is 1.73. The van der Waals surface area contributed by atoms with Crippen molar-refractivity contribution in [3.63, 3.8) is 0 Å². The zero-order valence-electron chi connectivity index (χ0n) is 9.87. The van der Waals surface area contributed by atoms with Gasteiger partial charge in [0.25, 0.3) is 0 Å². The molecule has 0 saturated heterocycles. The van der Waals surface area contributed by atoms with Gasteiger partial charge in [-0.3, -0.25) is 0 Å². The molecule has 0 aliphatic carbocycles. The molecule has 0 unspecified atom stereocenters. The summed E-state index contributed by atoms with van der Waals surface area (Å²) in [5.74, 6) is -0.497. The normalized spacial score (nSPS) is 11.2. The number of nitriles is 1. The number of halogens is 4. The lowest BCUT2D eigenvalue weighted by Gasteiger charge is -2.10. The maximum absolute atomic E-state index is 12.7. The van der Waals surface area contributed by atoms with Crippen LogP contribution in [0.3, 0.4) is 0 Å². The first kappa shape index (κ1) is 14.2. The van der Waals surface area contributed by atoms with Crippen molar-refractivity contribution in [2.45, 2.75) is 6.18 Å². The van der Waals surface area contributed by atoms with Crippen molar-refractivity contribution in [3.05, 3.63) is 52.5 Å². The predicted molar refractivity (Wildman–Crippen MR) is 68.3 cm³/mol. The molecule has 0 aliphatic heterocycles. The Morgan fingerprint density at radius 2 is 1.75 bits per heavy atom. The van der Waals surface area contributed by atoms with Crippen molar-refractivity contribution >= 4 is 11.6 Å². The van der Waals surface area contributed by atoms with Gasteiger partial charge in [0.05, 0.1) is 16.1 Å². The predicted octanol–water partition coefficient (Wildman–Crippen LogP) is 4.60. The fourth-order valence-corrected chi connectivity index (χ4v) is 1.89. The van der Waals surface area contributed by atoms with Gasteiger partial charge in [-0.25, -0.2) is 0 Å². The molecule has 20 heavy (non-hydrogen) atoms. The molecule has 0 aromatic heterocycles. The summed E-state index contributed by atoms with van der Waals surface area (Å²) in [6, 6.07) is 8.87. The van der Waals surface area contributed by atoms with E-state index in [1.165, 1.54) is 24.3 Å². The zero-order chi connectivity index (χ0) is 14.9. The van der Waals surface area contributed by atoms with Crippen LogP contribution in [0.1, 0.15) is 11.1 Å². The third-order valence-corrected chi connectivity index (χ3v) is 2.99. The summed E-state index contributed by atoms with van der Waals surface area (Å²) >= 11 is 5.77. The average molecular weight is 298 g/mol. The number of phenolic OH excluding ortho intramolecular Hbond substituents is 1. The first-order valence-corrected chi connectivity index (χ1v) is 5.80. The van der Waals surface area contributed by atoms with Gasteiger partial charge >= 0.3 is 6.18 Å². The Morgan fingerprint density at radius 3 is 2.35 bits per heavy atom. The standard InChI is InChI=1S/C14H7ClF3NO/c15-13-2-1-8(3-10(13)7-19)9-4-11(14(16,17)18)6-12(20)5-9/h1-6,20H. The highest BCUT2D eigenvalue weighted by Crippen LogP contribution is 2.35. The van der Waals surface area contributed by atoms with Crippen LogP contribution in [0.2, 0.25) is 5.02 Å². The van der Waals surface area contributed by atoms with Crippen LogP contribution in [0.15, 0.2) is 36.4 Å². The maximum atomic E-state index is 12.7. The third kappa shape index (κ3) is 2.86.